The van der Waals surface area contributed by atoms with Crippen LogP contribution in [0, 0.1) is 5.41 Å². The number of nitrogens with one attached hydrogen (secondary N) is 2. The molecular weight excluding hydrogens is 230 g/mol. The molecule has 2 heterocycles. The van der Waals surface area contributed by atoms with E-state index in [1.807, 2.05) is 0 Å². The van der Waals surface area contributed by atoms with Gasteiger partial charge in [-0.15, -0.1) is 0 Å². The van der Waals surface area contributed by atoms with Crippen LogP contribution in [0.4, 0.5) is 5.88 Å². The van der Waals surface area contributed by atoms with E-state index < -0.39 is 0 Å². The highest BCUT2D eigenvalue weighted by molar-refractivity contribution is 5.93. The van der Waals surface area contributed by atoms with Crippen molar-refractivity contribution in [2.24, 2.45) is 5.41 Å². The first kappa shape index (κ1) is 13.1. The van der Waals surface area contributed by atoms with Gasteiger partial charge in [0.1, 0.15) is 0 Å². The fourth-order valence-corrected chi connectivity index (χ4v) is 2.11. The highest BCUT2D eigenvalue weighted by Gasteiger charge is 2.23. The number of anilines is 1. The molecule has 0 radical (unpaired) electrons. The molecule has 1 fully saturated rings. The zero-order valence-electron chi connectivity index (χ0n) is 11.2. The fourth-order valence-electron chi connectivity index (χ4n) is 2.11. The van der Waals surface area contributed by atoms with Crippen LogP contribution in [-0.4, -0.2) is 23.7 Å². The third-order valence-corrected chi connectivity index (χ3v) is 2.89. The lowest BCUT2D eigenvalue weighted by atomic mass is 9.91. The smallest absolute Gasteiger partial charge is 0.243 e. The van der Waals surface area contributed by atoms with Crippen molar-refractivity contribution in [1.29, 1.82) is 0 Å². The van der Waals surface area contributed by atoms with Gasteiger partial charge in [0, 0.05) is 8.92 Å². The van der Waals surface area contributed by atoms with Gasteiger partial charge < -0.3 is 9.84 Å². The molecule has 1 aromatic heterocycles. The normalized spacial score (nSPS) is 20.1. The van der Waals surface area contributed by atoms with E-state index in [0.717, 1.165) is 31.5 Å². The summed E-state index contributed by atoms with van der Waals surface area (Å²) in [6, 6.07) is 1.71. The van der Waals surface area contributed by atoms with E-state index in [1.165, 1.54) is 0 Å². The molecule has 0 aromatic carbocycles. The molecule has 5 nitrogen and oxygen atoms in total. The van der Waals surface area contributed by atoms with Gasteiger partial charge in [-0.1, -0.05) is 25.9 Å². The Morgan fingerprint density at radius 2 is 2.44 bits per heavy atom. The maximum Gasteiger partial charge on any atom is 0.243 e. The molecule has 0 spiro atoms. The zero-order chi connectivity index (χ0) is 13.2. The summed E-state index contributed by atoms with van der Waals surface area (Å²) < 4.78 is 5.13. The van der Waals surface area contributed by atoms with Gasteiger partial charge in [-0.2, -0.15) is 0 Å². The van der Waals surface area contributed by atoms with Crippen LogP contribution in [0.5, 0.6) is 0 Å². The SMILES string of the molecule is CC(C)(C)Cc1cc(NC(=O)[C@@H]2CCCN2)on1.[HH].[HH]. The van der Waals surface area contributed by atoms with Gasteiger partial charge in [0.25, 0.3) is 0 Å². The molecule has 18 heavy (non-hydrogen) atoms. The molecule has 0 aliphatic carbocycles. The van der Waals surface area contributed by atoms with E-state index in [1.54, 1.807) is 6.07 Å². The Balaban J connectivity index is 0.00000180. The first-order chi connectivity index (χ1) is 8.44. The Bertz CT molecular complexity index is 423. The van der Waals surface area contributed by atoms with Gasteiger partial charge in [0.05, 0.1) is 11.7 Å². The van der Waals surface area contributed by atoms with Crippen LogP contribution in [0.3, 0.4) is 0 Å². The zero-order valence-corrected chi connectivity index (χ0v) is 11.2. The number of amides is 1. The van der Waals surface area contributed by atoms with Crippen molar-refractivity contribution in [3.63, 3.8) is 0 Å². The number of hydrogen-bond acceptors (Lipinski definition) is 4. The van der Waals surface area contributed by atoms with Crippen LogP contribution in [-0.2, 0) is 11.2 Å². The highest BCUT2D eigenvalue weighted by Crippen LogP contribution is 2.22. The Hall–Kier alpha value is -1.36. The van der Waals surface area contributed by atoms with Crippen molar-refractivity contribution in [2.45, 2.75) is 46.1 Å². The monoisotopic (exact) mass is 255 g/mol. The van der Waals surface area contributed by atoms with E-state index in [9.17, 15) is 4.79 Å². The Labute approximate surface area is 110 Å². The van der Waals surface area contributed by atoms with Gasteiger partial charge in [-0.3, -0.25) is 10.1 Å². The Kier molecular flexibility index (Phi) is 3.71. The third kappa shape index (κ3) is 3.57. The molecule has 1 saturated heterocycles. The van der Waals surface area contributed by atoms with Crippen molar-refractivity contribution in [2.75, 3.05) is 11.9 Å². The first-order valence-electron chi connectivity index (χ1n) is 6.44. The van der Waals surface area contributed by atoms with Crippen molar-refractivity contribution in [3.8, 4) is 0 Å². The topological polar surface area (TPSA) is 67.2 Å². The van der Waals surface area contributed by atoms with Crippen LogP contribution in [0.25, 0.3) is 0 Å². The quantitative estimate of drug-likeness (QED) is 0.870. The molecule has 5 heteroatoms. The van der Waals surface area contributed by atoms with E-state index in [2.05, 4.69) is 36.6 Å². The minimum Gasteiger partial charge on any atom is -0.338 e. The molecular formula is C13H25N3O2. The standard InChI is InChI=1S/C13H21N3O2.2H2/c1-13(2,3)8-9-7-11(18-16-9)15-12(17)10-5-4-6-14-10;;/h7,10,14H,4-6,8H2,1-3H3,(H,15,17);2*1H/t10-;;/m0../s1. The highest BCUT2D eigenvalue weighted by atomic mass is 16.5. The first-order valence-corrected chi connectivity index (χ1v) is 6.44. The molecule has 1 aliphatic heterocycles. The second-order valence-corrected chi connectivity index (χ2v) is 6.06. The van der Waals surface area contributed by atoms with Crippen molar-refractivity contribution in [3.05, 3.63) is 11.8 Å². The predicted octanol–water partition coefficient (Wildman–Crippen LogP) is 2.45. The van der Waals surface area contributed by atoms with Crippen molar-refractivity contribution in [1.82, 2.24) is 10.5 Å². The predicted molar refractivity (Wildman–Crippen MR) is 73.5 cm³/mol. The summed E-state index contributed by atoms with van der Waals surface area (Å²) in [6.07, 6.45) is 2.76. The number of hydrogen-bond donors (Lipinski definition) is 2. The molecule has 1 atom stereocenters. The lowest BCUT2D eigenvalue weighted by Gasteiger charge is -2.14. The lowest BCUT2D eigenvalue weighted by Crippen LogP contribution is -2.35. The van der Waals surface area contributed by atoms with Gasteiger partial charge in [-0.25, -0.2) is 0 Å². The van der Waals surface area contributed by atoms with Crippen molar-refractivity contribution < 1.29 is 12.2 Å². The second-order valence-electron chi connectivity index (χ2n) is 6.06. The fraction of sp³-hybridized carbons (Fsp3) is 0.692. The molecule has 1 aliphatic rings. The van der Waals surface area contributed by atoms with Crippen LogP contribution >= 0.6 is 0 Å². The van der Waals surface area contributed by atoms with E-state index >= 15 is 0 Å². The average Bonchev–Trinajstić information content (AvgIpc) is 2.86. The minimum absolute atomic E-state index is 0. The number of nitrogens with zero attached hydrogens (tertiary/aromatic N) is 1. The van der Waals surface area contributed by atoms with Gasteiger partial charge in [0.2, 0.25) is 11.8 Å². The van der Waals surface area contributed by atoms with Crippen LogP contribution < -0.4 is 10.6 Å². The van der Waals surface area contributed by atoms with E-state index in [0.29, 0.717) is 5.88 Å². The lowest BCUT2D eigenvalue weighted by molar-refractivity contribution is -0.117. The summed E-state index contributed by atoms with van der Waals surface area (Å²) in [5.41, 5.74) is 1.03. The molecule has 0 bridgehead atoms. The summed E-state index contributed by atoms with van der Waals surface area (Å²) in [6.45, 7) is 7.33. The van der Waals surface area contributed by atoms with Crippen LogP contribution in [0.2, 0.25) is 0 Å². The summed E-state index contributed by atoms with van der Waals surface area (Å²) >= 11 is 0. The average molecular weight is 255 g/mol. The van der Waals surface area contributed by atoms with Gasteiger partial charge in [-0.05, 0) is 31.2 Å². The summed E-state index contributed by atoms with van der Waals surface area (Å²) in [5.74, 6) is 0.402. The number of rotatable bonds is 3. The molecule has 104 valence electrons. The van der Waals surface area contributed by atoms with Gasteiger partial charge >= 0.3 is 0 Å². The van der Waals surface area contributed by atoms with E-state index in [4.69, 9.17) is 4.52 Å². The Morgan fingerprint density at radius 1 is 1.67 bits per heavy atom. The summed E-state index contributed by atoms with van der Waals surface area (Å²) in [4.78, 5) is 11.8. The maximum absolute atomic E-state index is 11.8. The third-order valence-electron chi connectivity index (χ3n) is 2.89. The molecule has 1 aromatic rings. The van der Waals surface area contributed by atoms with Gasteiger partial charge in [0.15, 0.2) is 0 Å². The summed E-state index contributed by atoms with van der Waals surface area (Å²) in [5, 5.41) is 9.88. The summed E-state index contributed by atoms with van der Waals surface area (Å²) in [7, 11) is 0. The number of aromatic nitrogens is 1. The maximum atomic E-state index is 11.8. The minimum atomic E-state index is -0.0961. The second kappa shape index (κ2) is 5.10. The molecule has 0 unspecified atom stereocenters. The number of carbonyl (C=O) groups is 1. The molecule has 1 amide bonds. The largest absolute Gasteiger partial charge is 0.338 e. The van der Waals surface area contributed by atoms with E-state index in [-0.39, 0.29) is 20.2 Å². The number of carbonyl (C=O) groups excluding carboxylic acids is 1. The van der Waals surface area contributed by atoms with Crippen LogP contribution in [0.15, 0.2) is 10.6 Å². The Morgan fingerprint density at radius 3 is 3.06 bits per heavy atom. The van der Waals surface area contributed by atoms with Crippen LogP contribution in [0.1, 0.15) is 42.2 Å². The molecule has 2 N–H and O–H groups in total. The molecule has 0 saturated carbocycles. The molecule has 2 rings (SSSR count). The van der Waals surface area contributed by atoms with Crippen molar-refractivity contribution >= 4 is 11.8 Å².